The normalized spacial score (nSPS) is 11.1. The van der Waals surface area contributed by atoms with Crippen molar-refractivity contribution in [3.63, 3.8) is 0 Å². The van der Waals surface area contributed by atoms with Crippen molar-refractivity contribution in [1.29, 1.82) is 0 Å². The van der Waals surface area contributed by atoms with E-state index in [1.54, 1.807) is 30.3 Å². The van der Waals surface area contributed by atoms with Crippen LogP contribution in [-0.2, 0) is 16.4 Å². The van der Waals surface area contributed by atoms with Crippen molar-refractivity contribution in [3.8, 4) is 16.3 Å². The molecule has 0 aliphatic carbocycles. The van der Waals surface area contributed by atoms with Gasteiger partial charge in [-0.1, -0.05) is 65.4 Å². The summed E-state index contributed by atoms with van der Waals surface area (Å²) in [6.45, 7) is 0.353. The zero-order valence-corrected chi connectivity index (χ0v) is 21.0. The first-order valence-corrected chi connectivity index (χ1v) is 13.2. The minimum Gasteiger partial charge on any atom is -0.496 e. The molecule has 0 bridgehead atoms. The summed E-state index contributed by atoms with van der Waals surface area (Å²) >= 11 is 7.14. The molecule has 0 saturated carbocycles. The minimum atomic E-state index is -3.82. The Morgan fingerprint density at radius 1 is 1.03 bits per heavy atom. The number of hydrogen-bond acceptors (Lipinski definition) is 7. The maximum atomic E-state index is 12.8. The highest BCUT2D eigenvalue weighted by atomic mass is 35.5. The van der Waals surface area contributed by atoms with Gasteiger partial charge in [0.25, 0.3) is 15.9 Å². The Morgan fingerprint density at radius 2 is 1.77 bits per heavy atom. The van der Waals surface area contributed by atoms with E-state index < -0.39 is 10.0 Å². The fraction of sp³-hybridized carbons (Fsp3) is 0.125. The first kappa shape index (κ1) is 24.6. The van der Waals surface area contributed by atoms with E-state index in [-0.39, 0.29) is 15.9 Å². The molecule has 1 aromatic heterocycles. The Kier molecular flexibility index (Phi) is 7.64. The van der Waals surface area contributed by atoms with Gasteiger partial charge in [-0.25, -0.2) is 8.42 Å². The van der Waals surface area contributed by atoms with Crippen molar-refractivity contribution in [1.82, 2.24) is 15.5 Å². The molecule has 0 unspecified atom stereocenters. The lowest BCUT2D eigenvalue weighted by Gasteiger charge is -2.10. The number of ether oxygens (including phenoxy) is 1. The van der Waals surface area contributed by atoms with E-state index in [0.717, 1.165) is 22.5 Å². The van der Waals surface area contributed by atoms with Gasteiger partial charge in [-0.15, -0.1) is 10.2 Å². The highest BCUT2D eigenvalue weighted by Crippen LogP contribution is 2.27. The van der Waals surface area contributed by atoms with Crippen molar-refractivity contribution in [2.75, 3.05) is 18.4 Å². The maximum absolute atomic E-state index is 12.8. The number of rotatable bonds is 9. The number of hydrogen-bond donors (Lipinski definition) is 2. The molecule has 1 heterocycles. The lowest BCUT2D eigenvalue weighted by atomic mass is 10.1. The molecule has 11 heteroatoms. The summed E-state index contributed by atoms with van der Waals surface area (Å²) < 4.78 is 33.2. The fourth-order valence-electron chi connectivity index (χ4n) is 3.24. The van der Waals surface area contributed by atoms with Crippen LogP contribution in [0.5, 0.6) is 5.75 Å². The summed E-state index contributed by atoms with van der Waals surface area (Å²) in [6.07, 6.45) is 0.513. The molecule has 0 saturated heterocycles. The molecule has 2 N–H and O–H groups in total. The molecule has 0 aliphatic rings. The number of anilines is 1. The van der Waals surface area contributed by atoms with Crippen LogP contribution in [0.15, 0.2) is 77.7 Å². The number of amides is 1. The number of nitrogens with zero attached hydrogens (tertiary/aromatic N) is 2. The number of carbonyl (C=O) groups excluding carboxylic acids is 1. The van der Waals surface area contributed by atoms with E-state index in [1.807, 2.05) is 30.3 Å². The van der Waals surface area contributed by atoms with Gasteiger partial charge in [-0.3, -0.25) is 9.52 Å². The molecule has 180 valence electrons. The standard InChI is InChI=1S/C24H21ClN4O4S2/c1-33-21-12-9-18(25)15-20(21)22(30)26-14-13-16-7-10-19(11-8-16)35(31,32)29-24-28-27-23(34-24)17-5-3-2-4-6-17/h2-12,15H,13-14H2,1H3,(H,26,30)(H,28,29). The topological polar surface area (TPSA) is 110 Å². The Morgan fingerprint density at radius 3 is 2.49 bits per heavy atom. The molecule has 0 fully saturated rings. The summed E-state index contributed by atoms with van der Waals surface area (Å²) in [5.41, 5.74) is 2.07. The van der Waals surface area contributed by atoms with Gasteiger partial charge >= 0.3 is 0 Å². The predicted octanol–water partition coefficient (Wildman–Crippen LogP) is 4.64. The Hall–Kier alpha value is -3.47. The van der Waals surface area contributed by atoms with Crippen LogP contribution >= 0.6 is 22.9 Å². The number of benzene rings is 3. The number of nitrogens with one attached hydrogen (secondary N) is 2. The molecule has 4 aromatic rings. The number of halogens is 1. The third kappa shape index (κ3) is 6.16. The molecule has 8 nitrogen and oxygen atoms in total. The molecular formula is C24H21ClN4O4S2. The molecular weight excluding hydrogens is 508 g/mol. The van der Waals surface area contributed by atoms with Crippen molar-refractivity contribution in [2.45, 2.75) is 11.3 Å². The third-order valence-corrected chi connectivity index (χ3v) is 7.61. The van der Waals surface area contributed by atoms with Crippen molar-refractivity contribution in [2.24, 2.45) is 0 Å². The number of aromatic nitrogens is 2. The molecule has 4 rings (SSSR count). The van der Waals surface area contributed by atoms with Gasteiger partial charge in [-0.2, -0.15) is 0 Å². The molecule has 0 atom stereocenters. The van der Waals surface area contributed by atoms with Crippen molar-refractivity contribution >= 4 is 44.0 Å². The Balaban J connectivity index is 1.35. The molecule has 0 aliphatic heterocycles. The summed E-state index contributed by atoms with van der Waals surface area (Å²) in [5.74, 6) is 0.125. The number of sulfonamides is 1. The predicted molar refractivity (Wildman–Crippen MR) is 137 cm³/mol. The zero-order chi connectivity index (χ0) is 24.8. The third-order valence-electron chi connectivity index (χ3n) is 5.01. The fourth-order valence-corrected chi connectivity index (χ4v) is 5.40. The molecule has 0 spiro atoms. The highest BCUT2D eigenvalue weighted by Gasteiger charge is 2.18. The first-order chi connectivity index (χ1) is 16.9. The number of methoxy groups -OCH3 is 1. The van der Waals surface area contributed by atoms with E-state index in [2.05, 4.69) is 20.2 Å². The quantitative estimate of drug-likeness (QED) is 0.327. The number of carbonyl (C=O) groups is 1. The average molecular weight is 529 g/mol. The van der Waals surface area contributed by atoms with Gasteiger partial charge in [0.05, 0.1) is 17.6 Å². The Labute approximate surface area is 212 Å². The summed E-state index contributed by atoms with van der Waals surface area (Å²) in [6, 6.07) is 20.7. The summed E-state index contributed by atoms with van der Waals surface area (Å²) in [7, 11) is -2.34. The van der Waals surface area contributed by atoms with Crippen molar-refractivity contribution < 1.29 is 17.9 Å². The molecule has 3 aromatic carbocycles. The van der Waals surface area contributed by atoms with E-state index in [0.29, 0.717) is 34.3 Å². The van der Waals surface area contributed by atoms with E-state index in [4.69, 9.17) is 16.3 Å². The van der Waals surface area contributed by atoms with Gasteiger partial charge < -0.3 is 10.1 Å². The van der Waals surface area contributed by atoms with E-state index in [9.17, 15) is 13.2 Å². The van der Waals surface area contributed by atoms with E-state index >= 15 is 0 Å². The second-order valence-electron chi connectivity index (χ2n) is 7.38. The van der Waals surface area contributed by atoms with Crippen LogP contribution in [0.4, 0.5) is 5.13 Å². The SMILES string of the molecule is COc1ccc(Cl)cc1C(=O)NCCc1ccc(S(=O)(=O)Nc2nnc(-c3ccccc3)s2)cc1. The van der Waals surface area contributed by atoms with Crippen LogP contribution in [0.25, 0.3) is 10.6 Å². The zero-order valence-electron chi connectivity index (χ0n) is 18.6. The largest absolute Gasteiger partial charge is 0.496 e. The van der Waals surface area contributed by atoms with Gasteiger partial charge in [0, 0.05) is 17.1 Å². The van der Waals surface area contributed by atoms with Gasteiger partial charge in [0.1, 0.15) is 10.8 Å². The second kappa shape index (κ2) is 10.9. The average Bonchev–Trinajstić information content (AvgIpc) is 3.32. The Bertz CT molecular complexity index is 1430. The summed E-state index contributed by atoms with van der Waals surface area (Å²) in [4.78, 5) is 12.6. The lowest BCUT2D eigenvalue weighted by Crippen LogP contribution is -2.26. The summed E-state index contributed by atoms with van der Waals surface area (Å²) in [5, 5.41) is 12.1. The smallest absolute Gasteiger partial charge is 0.263 e. The van der Waals surface area contributed by atoms with E-state index in [1.165, 1.54) is 19.2 Å². The highest BCUT2D eigenvalue weighted by molar-refractivity contribution is 7.93. The minimum absolute atomic E-state index is 0.102. The maximum Gasteiger partial charge on any atom is 0.263 e. The van der Waals surface area contributed by atoms with Crippen LogP contribution in [0, 0.1) is 0 Å². The molecule has 35 heavy (non-hydrogen) atoms. The van der Waals surface area contributed by atoms with Crippen LogP contribution in [-0.4, -0.2) is 38.2 Å². The molecule has 0 radical (unpaired) electrons. The lowest BCUT2D eigenvalue weighted by molar-refractivity contribution is 0.0951. The first-order valence-electron chi connectivity index (χ1n) is 10.5. The monoisotopic (exact) mass is 528 g/mol. The van der Waals surface area contributed by atoms with Gasteiger partial charge in [-0.05, 0) is 42.3 Å². The molecule has 1 amide bonds. The van der Waals surface area contributed by atoms with Gasteiger partial charge in [0.15, 0.2) is 0 Å². The van der Waals surface area contributed by atoms with Gasteiger partial charge in [0.2, 0.25) is 5.13 Å². The van der Waals surface area contributed by atoms with Crippen molar-refractivity contribution in [3.05, 3.63) is 88.9 Å². The van der Waals surface area contributed by atoms with Crippen LogP contribution in [0.2, 0.25) is 5.02 Å². The van der Waals surface area contributed by atoms with Crippen LogP contribution in [0.1, 0.15) is 15.9 Å². The van der Waals surface area contributed by atoms with Crippen LogP contribution in [0.3, 0.4) is 0 Å². The van der Waals surface area contributed by atoms with Crippen LogP contribution < -0.4 is 14.8 Å². The second-order valence-corrected chi connectivity index (χ2v) is 10.5.